The molecule has 0 saturated carbocycles. The number of imidazole rings is 1. The fourth-order valence-corrected chi connectivity index (χ4v) is 2.45. The van der Waals surface area contributed by atoms with Crippen molar-refractivity contribution in [2.75, 3.05) is 6.54 Å². The third-order valence-electron chi connectivity index (χ3n) is 3.50. The number of H-pyrrole nitrogens is 1. The largest absolute Gasteiger partial charge is 0.341 e. The number of para-hydroxylation sites is 1. The van der Waals surface area contributed by atoms with Gasteiger partial charge in [-0.1, -0.05) is 42.5 Å². The fraction of sp³-hybridized carbons (Fsp3) is 0.188. The van der Waals surface area contributed by atoms with Crippen molar-refractivity contribution in [1.29, 1.82) is 0 Å². The van der Waals surface area contributed by atoms with Gasteiger partial charge >= 0.3 is 0 Å². The Morgan fingerprint density at radius 2 is 1.89 bits per heavy atom. The first-order valence-electron chi connectivity index (χ1n) is 6.50. The zero-order valence-corrected chi connectivity index (χ0v) is 10.9. The van der Waals surface area contributed by atoms with Crippen LogP contribution in [0.15, 0.2) is 48.5 Å². The van der Waals surface area contributed by atoms with Gasteiger partial charge in [-0.05, 0) is 24.1 Å². The predicted molar refractivity (Wildman–Crippen MR) is 78.2 cm³/mol. The number of fused-ring (bicyclic) bond motifs is 1. The Labute approximate surface area is 112 Å². The molecule has 1 unspecified atom stereocenters. The molecule has 3 N–H and O–H groups in total. The summed E-state index contributed by atoms with van der Waals surface area (Å²) in [5, 5.41) is 0. The third kappa shape index (κ3) is 2.13. The molecule has 0 amide bonds. The first-order chi connectivity index (χ1) is 9.29. The summed E-state index contributed by atoms with van der Waals surface area (Å²) in [5.74, 6) is 1.06. The molecular weight excluding hydrogens is 234 g/mol. The van der Waals surface area contributed by atoms with Gasteiger partial charge in [-0.3, -0.25) is 0 Å². The normalized spacial score (nSPS) is 12.7. The lowest BCUT2D eigenvalue weighted by molar-refractivity contribution is 0.768. The van der Waals surface area contributed by atoms with Gasteiger partial charge in [0.25, 0.3) is 0 Å². The van der Waals surface area contributed by atoms with Crippen LogP contribution >= 0.6 is 0 Å². The molecule has 3 rings (SSSR count). The first-order valence-corrected chi connectivity index (χ1v) is 6.50. The molecule has 0 bridgehead atoms. The molecule has 2 aromatic carbocycles. The molecule has 0 radical (unpaired) electrons. The second-order valence-electron chi connectivity index (χ2n) is 4.79. The minimum Gasteiger partial charge on any atom is -0.341 e. The van der Waals surface area contributed by atoms with Crippen molar-refractivity contribution in [3.8, 4) is 0 Å². The molecule has 3 heteroatoms. The van der Waals surface area contributed by atoms with Crippen LogP contribution in [0.4, 0.5) is 0 Å². The minimum atomic E-state index is 0.119. The van der Waals surface area contributed by atoms with Gasteiger partial charge in [0.1, 0.15) is 5.82 Å². The van der Waals surface area contributed by atoms with Gasteiger partial charge in [0, 0.05) is 6.54 Å². The van der Waals surface area contributed by atoms with E-state index in [1.807, 2.05) is 24.3 Å². The van der Waals surface area contributed by atoms with Gasteiger partial charge in [-0.25, -0.2) is 4.98 Å². The van der Waals surface area contributed by atoms with Crippen molar-refractivity contribution in [3.63, 3.8) is 0 Å². The van der Waals surface area contributed by atoms with Crippen LogP contribution in [0.2, 0.25) is 0 Å². The Balaban J connectivity index is 2.09. The molecular formula is C16H17N3. The van der Waals surface area contributed by atoms with E-state index in [1.165, 1.54) is 11.1 Å². The molecule has 0 spiro atoms. The summed E-state index contributed by atoms with van der Waals surface area (Å²) in [6, 6.07) is 16.4. The first kappa shape index (κ1) is 11.9. The molecule has 0 aliphatic carbocycles. The number of hydrogen-bond donors (Lipinski definition) is 2. The van der Waals surface area contributed by atoms with Crippen molar-refractivity contribution in [2.24, 2.45) is 5.73 Å². The van der Waals surface area contributed by atoms with Crippen LogP contribution in [0.1, 0.15) is 22.9 Å². The van der Waals surface area contributed by atoms with E-state index in [0.29, 0.717) is 6.54 Å². The Hall–Kier alpha value is -2.13. The molecule has 19 heavy (non-hydrogen) atoms. The van der Waals surface area contributed by atoms with Crippen molar-refractivity contribution in [3.05, 3.63) is 65.5 Å². The highest BCUT2D eigenvalue weighted by Crippen LogP contribution is 2.24. The van der Waals surface area contributed by atoms with E-state index < -0.39 is 0 Å². The number of hydrogen-bond acceptors (Lipinski definition) is 2. The number of nitrogens with one attached hydrogen (secondary N) is 1. The van der Waals surface area contributed by atoms with Crippen LogP contribution in [-0.2, 0) is 0 Å². The summed E-state index contributed by atoms with van der Waals surface area (Å²) < 4.78 is 0. The van der Waals surface area contributed by atoms with Gasteiger partial charge < -0.3 is 10.7 Å². The number of aromatic nitrogens is 2. The molecule has 0 aliphatic heterocycles. The summed E-state index contributed by atoms with van der Waals surface area (Å²) in [6.07, 6.45) is 0. The van der Waals surface area contributed by atoms with E-state index in [2.05, 4.69) is 36.2 Å². The molecule has 0 fully saturated rings. The molecule has 3 nitrogen and oxygen atoms in total. The molecule has 0 aliphatic rings. The second kappa shape index (κ2) is 4.86. The molecule has 1 heterocycles. The summed E-state index contributed by atoms with van der Waals surface area (Å²) in [4.78, 5) is 8.12. The van der Waals surface area contributed by atoms with Gasteiger partial charge in [0.05, 0.1) is 17.0 Å². The maximum Gasteiger partial charge on any atom is 0.116 e. The third-order valence-corrected chi connectivity index (χ3v) is 3.50. The van der Waals surface area contributed by atoms with Gasteiger partial charge in [-0.2, -0.15) is 0 Å². The number of rotatable bonds is 3. The highest BCUT2D eigenvalue weighted by atomic mass is 14.9. The maximum atomic E-state index is 5.94. The van der Waals surface area contributed by atoms with Crippen LogP contribution < -0.4 is 5.73 Å². The molecule has 0 saturated heterocycles. The number of nitrogens with two attached hydrogens (primary N) is 1. The van der Waals surface area contributed by atoms with E-state index in [0.717, 1.165) is 16.9 Å². The average molecular weight is 251 g/mol. The van der Waals surface area contributed by atoms with Crippen molar-refractivity contribution in [1.82, 2.24) is 9.97 Å². The van der Waals surface area contributed by atoms with Crippen LogP contribution in [0.5, 0.6) is 0 Å². The van der Waals surface area contributed by atoms with Crippen molar-refractivity contribution < 1.29 is 0 Å². The van der Waals surface area contributed by atoms with Gasteiger partial charge in [0.2, 0.25) is 0 Å². The number of aryl methyl sites for hydroxylation is 1. The van der Waals surface area contributed by atoms with Gasteiger partial charge in [0.15, 0.2) is 0 Å². The maximum absolute atomic E-state index is 5.94. The number of benzene rings is 2. The Morgan fingerprint density at radius 1 is 1.11 bits per heavy atom. The van der Waals surface area contributed by atoms with E-state index >= 15 is 0 Å². The monoisotopic (exact) mass is 251 g/mol. The number of nitrogens with zero attached hydrogens (tertiary/aromatic N) is 1. The Morgan fingerprint density at radius 3 is 2.58 bits per heavy atom. The lowest BCUT2D eigenvalue weighted by Gasteiger charge is -2.12. The summed E-state index contributed by atoms with van der Waals surface area (Å²) in [6.45, 7) is 2.62. The standard InChI is InChI=1S/C16H17N3/c1-11-6-5-9-14-15(11)19-16(18-14)13(10-17)12-7-3-2-4-8-12/h2-9,13H,10,17H2,1H3,(H,18,19). The highest BCUT2D eigenvalue weighted by Gasteiger charge is 2.16. The van der Waals surface area contributed by atoms with E-state index in [-0.39, 0.29) is 5.92 Å². The van der Waals surface area contributed by atoms with Crippen LogP contribution in [0.25, 0.3) is 11.0 Å². The summed E-state index contributed by atoms with van der Waals surface area (Å²) >= 11 is 0. The lowest BCUT2D eigenvalue weighted by atomic mass is 9.99. The zero-order chi connectivity index (χ0) is 13.2. The topological polar surface area (TPSA) is 54.7 Å². The SMILES string of the molecule is Cc1cccc2[nH]c(C(CN)c3ccccc3)nc12. The van der Waals surface area contributed by atoms with E-state index in [4.69, 9.17) is 10.7 Å². The quantitative estimate of drug-likeness (QED) is 0.752. The Bertz CT molecular complexity index is 686. The van der Waals surface area contributed by atoms with Crippen LogP contribution in [0, 0.1) is 6.92 Å². The molecule has 3 aromatic rings. The summed E-state index contributed by atoms with van der Waals surface area (Å²) in [5.41, 5.74) is 10.4. The molecule has 1 atom stereocenters. The van der Waals surface area contributed by atoms with Crippen LogP contribution in [0.3, 0.4) is 0 Å². The molecule has 1 aromatic heterocycles. The Kier molecular flexibility index (Phi) is 3.05. The van der Waals surface area contributed by atoms with Crippen LogP contribution in [-0.4, -0.2) is 16.5 Å². The summed E-state index contributed by atoms with van der Waals surface area (Å²) in [7, 11) is 0. The fourth-order valence-electron chi connectivity index (χ4n) is 2.45. The number of aromatic amines is 1. The van der Waals surface area contributed by atoms with Crippen molar-refractivity contribution in [2.45, 2.75) is 12.8 Å². The molecule has 96 valence electrons. The average Bonchev–Trinajstić information content (AvgIpc) is 2.86. The minimum absolute atomic E-state index is 0.119. The smallest absolute Gasteiger partial charge is 0.116 e. The van der Waals surface area contributed by atoms with E-state index in [1.54, 1.807) is 0 Å². The van der Waals surface area contributed by atoms with E-state index in [9.17, 15) is 0 Å². The predicted octanol–water partition coefficient (Wildman–Crippen LogP) is 2.96. The van der Waals surface area contributed by atoms with Crippen molar-refractivity contribution >= 4 is 11.0 Å². The van der Waals surface area contributed by atoms with Gasteiger partial charge in [-0.15, -0.1) is 0 Å². The highest BCUT2D eigenvalue weighted by molar-refractivity contribution is 5.78. The zero-order valence-electron chi connectivity index (χ0n) is 10.9. The lowest BCUT2D eigenvalue weighted by Crippen LogP contribution is -2.15. The second-order valence-corrected chi connectivity index (χ2v) is 4.79.